The maximum absolute atomic E-state index is 11.9. The largest absolute Gasteiger partial charge is 0.352 e. The fourth-order valence-electron chi connectivity index (χ4n) is 2.25. The molecule has 2 heterocycles. The van der Waals surface area contributed by atoms with Gasteiger partial charge in [-0.15, -0.1) is 0 Å². The summed E-state index contributed by atoms with van der Waals surface area (Å²) in [6, 6.07) is 1.27. The summed E-state index contributed by atoms with van der Waals surface area (Å²) >= 11 is 0. The monoisotopic (exact) mass is 460 g/mol. The first kappa shape index (κ1) is 23.9. The number of aromatic nitrogens is 2. The van der Waals surface area contributed by atoms with E-state index < -0.39 is 43.3 Å². The Balaban J connectivity index is 1.83. The summed E-state index contributed by atoms with van der Waals surface area (Å²) < 4.78 is 44.0. The molecule has 0 bridgehead atoms. The van der Waals surface area contributed by atoms with E-state index in [4.69, 9.17) is 36.0 Å². The molecular weight excluding hydrogens is 437 g/mol. The van der Waals surface area contributed by atoms with E-state index in [1.807, 2.05) is 0 Å². The van der Waals surface area contributed by atoms with Crippen LogP contribution in [0.1, 0.15) is 19.1 Å². The standard InChI is InChI=1S/C13H23N2O10P3/c1-18-26(19-2)24-28(21-4)25-27(20-3)22-9-10-5-6-12(23-10)15-8-7-11(16)14-13(15)17/h7-8,10,12H,5-6,9H2,1-4H3,(H,14,16,17). The van der Waals surface area contributed by atoms with E-state index in [1.165, 1.54) is 45.3 Å². The molecule has 1 aromatic rings. The second-order valence-electron chi connectivity index (χ2n) is 5.17. The van der Waals surface area contributed by atoms with Gasteiger partial charge in [-0.2, -0.15) is 0 Å². The molecule has 1 aliphatic rings. The average molecular weight is 460 g/mol. The molecule has 1 saturated heterocycles. The van der Waals surface area contributed by atoms with Gasteiger partial charge in [0.1, 0.15) is 6.23 Å². The van der Waals surface area contributed by atoms with Crippen molar-refractivity contribution in [3.8, 4) is 0 Å². The Morgan fingerprint density at radius 2 is 1.68 bits per heavy atom. The molecule has 1 N–H and O–H groups in total. The van der Waals surface area contributed by atoms with Crippen molar-refractivity contribution in [2.45, 2.75) is 25.2 Å². The molecule has 0 amide bonds. The van der Waals surface area contributed by atoms with Crippen molar-refractivity contribution >= 4 is 25.8 Å². The predicted molar refractivity (Wildman–Crippen MR) is 101 cm³/mol. The van der Waals surface area contributed by atoms with Crippen LogP contribution in [-0.4, -0.2) is 50.7 Å². The topological polar surface area (TPSA) is 129 Å². The molecule has 28 heavy (non-hydrogen) atoms. The molecule has 0 aliphatic carbocycles. The molecule has 4 atom stereocenters. The van der Waals surface area contributed by atoms with Crippen molar-refractivity contribution in [2.24, 2.45) is 0 Å². The molecule has 15 heteroatoms. The van der Waals surface area contributed by atoms with E-state index in [9.17, 15) is 9.59 Å². The maximum atomic E-state index is 11.9. The fourth-order valence-corrected chi connectivity index (χ4v) is 5.58. The molecule has 160 valence electrons. The lowest BCUT2D eigenvalue weighted by molar-refractivity contribution is -0.0219. The Hall–Kier alpha value is -0.350. The number of hydrogen-bond donors (Lipinski definition) is 1. The van der Waals surface area contributed by atoms with Crippen molar-refractivity contribution in [1.82, 2.24) is 9.55 Å². The van der Waals surface area contributed by atoms with Gasteiger partial charge in [-0.25, -0.2) is 13.4 Å². The average Bonchev–Trinajstić information content (AvgIpc) is 3.16. The van der Waals surface area contributed by atoms with Crippen LogP contribution >= 0.6 is 25.8 Å². The molecule has 0 spiro atoms. The van der Waals surface area contributed by atoms with Gasteiger partial charge in [0, 0.05) is 40.7 Å². The van der Waals surface area contributed by atoms with E-state index >= 15 is 0 Å². The van der Waals surface area contributed by atoms with Crippen LogP contribution in [0.25, 0.3) is 0 Å². The smallest absolute Gasteiger partial charge is 0.346 e. The van der Waals surface area contributed by atoms with Gasteiger partial charge in [-0.05, 0) is 12.8 Å². The number of H-pyrrole nitrogens is 1. The van der Waals surface area contributed by atoms with Crippen LogP contribution in [-0.2, 0) is 36.0 Å². The van der Waals surface area contributed by atoms with Gasteiger partial charge < -0.3 is 27.4 Å². The predicted octanol–water partition coefficient (Wildman–Crippen LogP) is 2.53. The van der Waals surface area contributed by atoms with Crippen LogP contribution in [0.4, 0.5) is 0 Å². The second-order valence-corrected chi connectivity index (χ2v) is 9.53. The molecule has 1 aromatic heterocycles. The second kappa shape index (κ2) is 12.4. The third kappa shape index (κ3) is 7.16. The van der Waals surface area contributed by atoms with E-state index in [1.54, 1.807) is 0 Å². The highest BCUT2D eigenvalue weighted by atomic mass is 31.3. The minimum absolute atomic E-state index is 0.185. The number of rotatable bonds is 12. The van der Waals surface area contributed by atoms with Crippen LogP contribution in [0.2, 0.25) is 0 Å². The Bertz CT molecular complexity index is 700. The third-order valence-corrected chi connectivity index (χ3v) is 7.16. The Kier molecular flexibility index (Phi) is 10.6. The Morgan fingerprint density at radius 1 is 1.04 bits per heavy atom. The molecule has 0 aromatic carbocycles. The first-order valence-corrected chi connectivity index (χ1v) is 11.3. The van der Waals surface area contributed by atoms with Crippen LogP contribution in [0.5, 0.6) is 0 Å². The molecule has 2 rings (SSSR count). The van der Waals surface area contributed by atoms with Gasteiger partial charge in [0.15, 0.2) is 0 Å². The summed E-state index contributed by atoms with van der Waals surface area (Å²) in [5, 5.41) is 0. The van der Waals surface area contributed by atoms with Gasteiger partial charge in [0.2, 0.25) is 0 Å². The van der Waals surface area contributed by atoms with Crippen molar-refractivity contribution in [3.05, 3.63) is 33.1 Å². The minimum atomic E-state index is -1.79. The number of ether oxygens (including phenoxy) is 1. The zero-order valence-electron chi connectivity index (χ0n) is 15.8. The van der Waals surface area contributed by atoms with Gasteiger partial charge in [-0.3, -0.25) is 14.3 Å². The summed E-state index contributed by atoms with van der Waals surface area (Å²) in [7, 11) is 0.583. The van der Waals surface area contributed by atoms with Crippen molar-refractivity contribution in [3.63, 3.8) is 0 Å². The number of nitrogens with one attached hydrogen (secondary N) is 1. The molecule has 12 nitrogen and oxygen atoms in total. The van der Waals surface area contributed by atoms with Crippen LogP contribution in [0.15, 0.2) is 21.9 Å². The first-order chi connectivity index (χ1) is 13.5. The molecule has 1 aliphatic heterocycles. The summed E-state index contributed by atoms with van der Waals surface area (Å²) in [6.45, 7) is 0.185. The highest BCUT2D eigenvalue weighted by Gasteiger charge is 2.30. The van der Waals surface area contributed by atoms with Gasteiger partial charge in [0.25, 0.3) is 5.56 Å². The molecule has 0 saturated carbocycles. The zero-order valence-corrected chi connectivity index (χ0v) is 18.5. The van der Waals surface area contributed by atoms with Crippen molar-refractivity contribution < 1.29 is 36.0 Å². The Morgan fingerprint density at radius 3 is 2.29 bits per heavy atom. The number of nitrogens with zero attached hydrogens (tertiary/aromatic N) is 1. The molecule has 0 radical (unpaired) electrons. The van der Waals surface area contributed by atoms with Gasteiger partial charge >= 0.3 is 31.5 Å². The van der Waals surface area contributed by atoms with Crippen LogP contribution in [0.3, 0.4) is 0 Å². The van der Waals surface area contributed by atoms with Crippen molar-refractivity contribution in [2.75, 3.05) is 35.0 Å². The minimum Gasteiger partial charge on any atom is -0.352 e. The number of hydrogen-bond acceptors (Lipinski definition) is 10. The third-order valence-electron chi connectivity index (χ3n) is 3.48. The Labute approximate surface area is 165 Å². The highest BCUT2D eigenvalue weighted by molar-refractivity contribution is 7.61. The zero-order chi connectivity index (χ0) is 20.5. The summed E-state index contributed by atoms with van der Waals surface area (Å²) in [5.41, 5.74) is -0.971. The number of aromatic amines is 1. The molecule has 4 unspecified atom stereocenters. The highest BCUT2D eigenvalue weighted by Crippen LogP contribution is 2.61. The van der Waals surface area contributed by atoms with E-state index in [0.29, 0.717) is 12.8 Å². The van der Waals surface area contributed by atoms with Gasteiger partial charge in [-0.1, -0.05) is 0 Å². The maximum Gasteiger partial charge on any atom is 0.346 e. The lowest BCUT2D eigenvalue weighted by Crippen LogP contribution is -2.31. The normalized spacial score (nSPS) is 21.9. The van der Waals surface area contributed by atoms with Crippen LogP contribution < -0.4 is 11.2 Å². The van der Waals surface area contributed by atoms with Crippen molar-refractivity contribution in [1.29, 1.82) is 0 Å². The van der Waals surface area contributed by atoms with E-state index in [0.717, 1.165) is 0 Å². The first-order valence-electron chi connectivity index (χ1n) is 8.03. The SMILES string of the molecule is COP(OC)OP(OC)OP(OC)OCC1CCC(n2ccc(=O)[nH]c2=O)O1. The van der Waals surface area contributed by atoms with E-state index in [-0.39, 0.29) is 12.7 Å². The van der Waals surface area contributed by atoms with Crippen LogP contribution in [0, 0.1) is 0 Å². The summed E-state index contributed by atoms with van der Waals surface area (Å²) in [6.07, 6.45) is 1.94. The lowest BCUT2D eigenvalue weighted by Gasteiger charge is -2.22. The molecule has 1 fully saturated rings. The molecular formula is C13H23N2O10P3. The van der Waals surface area contributed by atoms with E-state index in [2.05, 4.69) is 4.98 Å². The summed E-state index contributed by atoms with van der Waals surface area (Å²) in [5.74, 6) is 0. The fraction of sp³-hybridized carbons (Fsp3) is 0.692. The lowest BCUT2D eigenvalue weighted by atomic mass is 10.2. The quantitative estimate of drug-likeness (QED) is 0.465. The van der Waals surface area contributed by atoms with Gasteiger partial charge in [0.05, 0.1) is 12.7 Å². The summed E-state index contributed by atoms with van der Waals surface area (Å²) in [4.78, 5) is 25.2.